The standard InChI is InChI=1S/C10H14N4O/c1-10(12)5-14(6-10)9-7(8(11)15)3-2-4-13-9/h2-4H,5-6,12H2,1H3,(H2,11,15). The lowest BCUT2D eigenvalue weighted by Crippen LogP contribution is -2.66. The van der Waals surface area contributed by atoms with E-state index in [1.807, 2.05) is 11.8 Å². The lowest BCUT2D eigenvalue weighted by Gasteiger charge is -2.46. The van der Waals surface area contributed by atoms with Crippen molar-refractivity contribution in [1.82, 2.24) is 4.98 Å². The van der Waals surface area contributed by atoms with E-state index in [1.54, 1.807) is 18.3 Å². The zero-order valence-corrected chi connectivity index (χ0v) is 8.60. The van der Waals surface area contributed by atoms with Crippen LogP contribution in [-0.4, -0.2) is 29.5 Å². The van der Waals surface area contributed by atoms with Crippen LogP contribution in [0.5, 0.6) is 0 Å². The van der Waals surface area contributed by atoms with Gasteiger partial charge in [0, 0.05) is 24.8 Å². The van der Waals surface area contributed by atoms with E-state index in [9.17, 15) is 4.79 Å². The molecule has 1 aromatic rings. The second kappa shape index (κ2) is 3.20. The van der Waals surface area contributed by atoms with Crippen molar-refractivity contribution in [3.63, 3.8) is 0 Å². The summed E-state index contributed by atoms with van der Waals surface area (Å²) in [6, 6.07) is 3.38. The SMILES string of the molecule is CC1(N)CN(c2ncccc2C(N)=O)C1. The van der Waals surface area contributed by atoms with Crippen LogP contribution < -0.4 is 16.4 Å². The molecule has 15 heavy (non-hydrogen) atoms. The van der Waals surface area contributed by atoms with Gasteiger partial charge in [0.1, 0.15) is 5.82 Å². The third-order valence-corrected chi connectivity index (χ3v) is 2.46. The predicted octanol–water partition coefficient (Wildman–Crippen LogP) is -0.282. The first-order valence-electron chi connectivity index (χ1n) is 4.78. The Labute approximate surface area is 88.1 Å². The maximum Gasteiger partial charge on any atom is 0.252 e. The minimum atomic E-state index is -0.455. The first-order chi connectivity index (χ1) is 6.99. The molecular weight excluding hydrogens is 192 g/mol. The van der Waals surface area contributed by atoms with E-state index in [-0.39, 0.29) is 5.54 Å². The van der Waals surface area contributed by atoms with Crippen LogP contribution >= 0.6 is 0 Å². The molecule has 0 spiro atoms. The average Bonchev–Trinajstić information content (AvgIpc) is 2.14. The Kier molecular flexibility index (Phi) is 2.12. The largest absolute Gasteiger partial charge is 0.365 e. The summed E-state index contributed by atoms with van der Waals surface area (Å²) in [4.78, 5) is 17.3. The van der Waals surface area contributed by atoms with Gasteiger partial charge in [-0.25, -0.2) is 4.98 Å². The Morgan fingerprint density at radius 2 is 2.27 bits per heavy atom. The van der Waals surface area contributed by atoms with Gasteiger partial charge in [-0.2, -0.15) is 0 Å². The zero-order valence-electron chi connectivity index (χ0n) is 8.60. The molecule has 4 N–H and O–H groups in total. The predicted molar refractivity (Wildman–Crippen MR) is 57.6 cm³/mol. The molecule has 0 bridgehead atoms. The number of pyridine rings is 1. The number of amides is 1. The molecule has 2 rings (SSSR count). The number of nitrogens with two attached hydrogens (primary N) is 2. The third kappa shape index (κ3) is 1.78. The number of hydrogen-bond donors (Lipinski definition) is 2. The summed E-state index contributed by atoms with van der Waals surface area (Å²) in [6.07, 6.45) is 1.65. The summed E-state index contributed by atoms with van der Waals surface area (Å²) < 4.78 is 0. The number of rotatable bonds is 2. The molecule has 2 heterocycles. The number of aromatic nitrogens is 1. The van der Waals surface area contributed by atoms with E-state index in [2.05, 4.69) is 4.98 Å². The van der Waals surface area contributed by atoms with Gasteiger partial charge in [0.2, 0.25) is 0 Å². The minimum Gasteiger partial charge on any atom is -0.365 e. The van der Waals surface area contributed by atoms with Gasteiger partial charge < -0.3 is 16.4 Å². The minimum absolute atomic E-state index is 0.188. The first kappa shape index (κ1) is 9.92. The van der Waals surface area contributed by atoms with Crippen molar-refractivity contribution in [2.75, 3.05) is 18.0 Å². The molecule has 0 atom stereocenters. The molecule has 0 radical (unpaired) electrons. The van der Waals surface area contributed by atoms with Crippen molar-refractivity contribution in [2.24, 2.45) is 11.5 Å². The van der Waals surface area contributed by atoms with Crippen LogP contribution in [0, 0.1) is 0 Å². The van der Waals surface area contributed by atoms with Crippen LogP contribution in [0.15, 0.2) is 18.3 Å². The number of carbonyl (C=O) groups is 1. The Bertz CT molecular complexity index is 394. The number of anilines is 1. The van der Waals surface area contributed by atoms with E-state index >= 15 is 0 Å². The second-order valence-corrected chi connectivity index (χ2v) is 4.25. The van der Waals surface area contributed by atoms with Gasteiger partial charge >= 0.3 is 0 Å². The van der Waals surface area contributed by atoms with Gasteiger partial charge in [-0.3, -0.25) is 4.79 Å². The van der Waals surface area contributed by atoms with Crippen LogP contribution in [0.1, 0.15) is 17.3 Å². The highest BCUT2D eigenvalue weighted by atomic mass is 16.1. The highest BCUT2D eigenvalue weighted by Gasteiger charge is 2.36. The first-order valence-corrected chi connectivity index (χ1v) is 4.78. The van der Waals surface area contributed by atoms with Crippen LogP contribution in [0.3, 0.4) is 0 Å². The summed E-state index contributed by atoms with van der Waals surface area (Å²) in [5.74, 6) is 0.177. The summed E-state index contributed by atoms with van der Waals surface area (Å²) in [5, 5.41) is 0. The van der Waals surface area contributed by atoms with Crippen molar-refractivity contribution in [1.29, 1.82) is 0 Å². The maximum atomic E-state index is 11.2. The third-order valence-electron chi connectivity index (χ3n) is 2.46. The van der Waals surface area contributed by atoms with Crippen LogP contribution in [0.4, 0.5) is 5.82 Å². The van der Waals surface area contributed by atoms with E-state index in [4.69, 9.17) is 11.5 Å². The molecule has 1 saturated heterocycles. The molecule has 0 aromatic carbocycles. The van der Waals surface area contributed by atoms with Gasteiger partial charge in [-0.05, 0) is 19.1 Å². The Morgan fingerprint density at radius 1 is 1.60 bits per heavy atom. The van der Waals surface area contributed by atoms with Crippen molar-refractivity contribution in [3.8, 4) is 0 Å². The maximum absolute atomic E-state index is 11.2. The van der Waals surface area contributed by atoms with E-state index < -0.39 is 5.91 Å². The van der Waals surface area contributed by atoms with Crippen molar-refractivity contribution >= 4 is 11.7 Å². The fourth-order valence-corrected chi connectivity index (χ4v) is 1.82. The molecule has 1 aliphatic heterocycles. The summed E-state index contributed by atoms with van der Waals surface area (Å²) >= 11 is 0. The van der Waals surface area contributed by atoms with E-state index in [0.717, 1.165) is 0 Å². The number of hydrogen-bond acceptors (Lipinski definition) is 4. The highest BCUT2D eigenvalue weighted by molar-refractivity contribution is 5.97. The topological polar surface area (TPSA) is 85.2 Å². The lowest BCUT2D eigenvalue weighted by atomic mass is 9.93. The fourth-order valence-electron chi connectivity index (χ4n) is 1.82. The van der Waals surface area contributed by atoms with E-state index in [0.29, 0.717) is 24.5 Å². The molecule has 5 nitrogen and oxygen atoms in total. The van der Waals surface area contributed by atoms with Crippen LogP contribution in [0.25, 0.3) is 0 Å². The summed E-state index contributed by atoms with van der Waals surface area (Å²) in [6.45, 7) is 3.37. The second-order valence-electron chi connectivity index (χ2n) is 4.25. The molecule has 0 unspecified atom stereocenters. The monoisotopic (exact) mass is 206 g/mol. The summed E-state index contributed by atoms with van der Waals surface area (Å²) in [5.41, 5.74) is 11.4. The molecule has 1 amide bonds. The molecule has 0 saturated carbocycles. The van der Waals surface area contributed by atoms with Crippen molar-refractivity contribution in [3.05, 3.63) is 23.9 Å². The van der Waals surface area contributed by atoms with Crippen molar-refractivity contribution < 1.29 is 4.79 Å². The highest BCUT2D eigenvalue weighted by Crippen LogP contribution is 2.26. The average molecular weight is 206 g/mol. The van der Waals surface area contributed by atoms with Crippen LogP contribution in [0.2, 0.25) is 0 Å². The smallest absolute Gasteiger partial charge is 0.252 e. The molecule has 5 heteroatoms. The van der Waals surface area contributed by atoms with Crippen molar-refractivity contribution in [2.45, 2.75) is 12.5 Å². The molecule has 80 valence electrons. The van der Waals surface area contributed by atoms with Gasteiger partial charge in [0.15, 0.2) is 0 Å². The molecule has 0 aliphatic carbocycles. The van der Waals surface area contributed by atoms with Gasteiger partial charge in [0.25, 0.3) is 5.91 Å². The molecule has 1 aromatic heterocycles. The molecule has 1 fully saturated rings. The number of carbonyl (C=O) groups excluding carboxylic acids is 1. The zero-order chi connectivity index (χ0) is 11.1. The number of primary amides is 1. The Morgan fingerprint density at radius 3 is 2.80 bits per heavy atom. The van der Waals surface area contributed by atoms with Crippen LogP contribution in [-0.2, 0) is 0 Å². The lowest BCUT2D eigenvalue weighted by molar-refractivity contribution is 0.1000. The molecular formula is C10H14N4O. The van der Waals surface area contributed by atoms with Gasteiger partial charge in [-0.1, -0.05) is 0 Å². The Balaban J connectivity index is 2.26. The Hall–Kier alpha value is -1.62. The van der Waals surface area contributed by atoms with Gasteiger partial charge in [0.05, 0.1) is 5.56 Å². The van der Waals surface area contributed by atoms with Gasteiger partial charge in [-0.15, -0.1) is 0 Å². The van der Waals surface area contributed by atoms with E-state index in [1.165, 1.54) is 0 Å². The fraction of sp³-hybridized carbons (Fsp3) is 0.400. The number of nitrogens with zero attached hydrogens (tertiary/aromatic N) is 2. The molecule has 1 aliphatic rings. The normalized spacial score (nSPS) is 18.4. The summed E-state index contributed by atoms with van der Waals surface area (Å²) in [7, 11) is 0. The quantitative estimate of drug-likeness (QED) is 0.696.